The molecule has 2 aliphatic heterocycles. The molecule has 1 amide bonds. The highest BCUT2D eigenvalue weighted by atomic mass is 19.1. The van der Waals surface area contributed by atoms with E-state index in [0.717, 1.165) is 64.1 Å². The van der Waals surface area contributed by atoms with Crippen molar-refractivity contribution in [1.29, 1.82) is 5.26 Å². The van der Waals surface area contributed by atoms with Crippen LogP contribution in [0, 0.1) is 17.1 Å². The van der Waals surface area contributed by atoms with Crippen molar-refractivity contribution < 1.29 is 13.9 Å². The van der Waals surface area contributed by atoms with Gasteiger partial charge in [-0.2, -0.15) is 5.26 Å². The van der Waals surface area contributed by atoms with Gasteiger partial charge in [0, 0.05) is 54.7 Å². The fourth-order valence-electron chi connectivity index (χ4n) is 4.95. The zero-order valence-electron chi connectivity index (χ0n) is 21.1. The Bertz CT molecular complexity index is 1280. The van der Waals surface area contributed by atoms with Crippen LogP contribution in [0.3, 0.4) is 0 Å². The van der Waals surface area contributed by atoms with Crippen LogP contribution < -0.4 is 15.5 Å². The van der Waals surface area contributed by atoms with Crippen molar-refractivity contribution in [3.05, 3.63) is 66.1 Å². The molecule has 2 aromatic carbocycles. The number of benzene rings is 2. The van der Waals surface area contributed by atoms with E-state index >= 15 is 0 Å². The third kappa shape index (κ3) is 6.07. The Morgan fingerprint density at radius 3 is 2.45 bits per heavy atom. The smallest absolute Gasteiger partial charge is 0.252 e. The van der Waals surface area contributed by atoms with Gasteiger partial charge in [-0.1, -0.05) is 12.1 Å². The van der Waals surface area contributed by atoms with Gasteiger partial charge in [0.15, 0.2) is 5.82 Å². The number of aromatic nitrogens is 2. The van der Waals surface area contributed by atoms with E-state index in [1.807, 2.05) is 18.2 Å². The molecule has 2 saturated heterocycles. The monoisotopic (exact) mass is 515 g/mol. The lowest BCUT2D eigenvalue weighted by molar-refractivity contribution is 0.0115. The molecule has 1 aromatic heterocycles. The minimum absolute atomic E-state index is 0.0788. The van der Waals surface area contributed by atoms with Crippen LogP contribution in [0.1, 0.15) is 23.2 Å². The first-order valence-electron chi connectivity index (χ1n) is 12.8. The second-order valence-corrected chi connectivity index (χ2v) is 9.35. The van der Waals surface area contributed by atoms with E-state index in [2.05, 4.69) is 42.5 Å². The van der Waals surface area contributed by atoms with Gasteiger partial charge in [-0.3, -0.25) is 9.69 Å². The number of hydrogen-bond donors (Lipinski definition) is 2. The number of nitriles is 1. The van der Waals surface area contributed by atoms with Crippen LogP contribution in [0.4, 0.5) is 21.7 Å². The Labute approximate surface area is 221 Å². The molecule has 0 radical (unpaired) electrons. The van der Waals surface area contributed by atoms with E-state index in [4.69, 9.17) is 10.00 Å². The van der Waals surface area contributed by atoms with Crippen molar-refractivity contribution in [2.75, 3.05) is 56.2 Å². The van der Waals surface area contributed by atoms with Crippen LogP contribution in [-0.4, -0.2) is 72.8 Å². The number of carbonyl (C=O) groups excluding carboxylic acids is 1. The second kappa shape index (κ2) is 12.0. The molecule has 2 aliphatic rings. The summed E-state index contributed by atoms with van der Waals surface area (Å²) in [6.45, 7) is 5.71. The number of amides is 1. The highest BCUT2D eigenvalue weighted by molar-refractivity contribution is 5.94. The van der Waals surface area contributed by atoms with Gasteiger partial charge in [0.1, 0.15) is 12.2 Å². The standard InChI is InChI=1S/C28H30FN7O2/c29-25-19-32-28(34-26(25)20-1-3-21(4-2-20)27(37)31-12-11-30)33-22-5-7-23(8-6-22)35-13-9-24(10-14-35)36-15-17-38-18-16-36/h1-8,19,24H,9-10,12-18H2,(H,31,37)(H,32,33,34). The maximum atomic E-state index is 14.5. The summed E-state index contributed by atoms with van der Waals surface area (Å²) in [4.78, 5) is 25.4. The van der Waals surface area contributed by atoms with Gasteiger partial charge >= 0.3 is 0 Å². The van der Waals surface area contributed by atoms with Crippen molar-refractivity contribution in [2.45, 2.75) is 18.9 Å². The SMILES string of the molecule is N#CCNC(=O)c1ccc(-c2nc(Nc3ccc(N4CCC(N5CCOCC5)CC4)cc3)ncc2F)cc1. The van der Waals surface area contributed by atoms with Crippen LogP contribution in [0.15, 0.2) is 54.7 Å². The predicted octanol–water partition coefficient (Wildman–Crippen LogP) is 3.58. The van der Waals surface area contributed by atoms with Crippen molar-refractivity contribution in [1.82, 2.24) is 20.2 Å². The predicted molar refractivity (Wildman–Crippen MR) is 143 cm³/mol. The van der Waals surface area contributed by atoms with E-state index in [9.17, 15) is 9.18 Å². The van der Waals surface area contributed by atoms with Gasteiger partial charge in [-0.25, -0.2) is 14.4 Å². The van der Waals surface area contributed by atoms with E-state index in [1.165, 1.54) is 5.69 Å². The summed E-state index contributed by atoms with van der Waals surface area (Å²) in [5.41, 5.74) is 3.00. The van der Waals surface area contributed by atoms with E-state index in [-0.39, 0.29) is 24.1 Å². The molecule has 5 rings (SSSR count). The summed E-state index contributed by atoms with van der Waals surface area (Å²) in [5, 5.41) is 14.2. The third-order valence-electron chi connectivity index (χ3n) is 7.01. The molecule has 0 unspecified atom stereocenters. The van der Waals surface area contributed by atoms with E-state index < -0.39 is 5.82 Å². The number of nitrogens with zero attached hydrogens (tertiary/aromatic N) is 5. The zero-order valence-corrected chi connectivity index (χ0v) is 21.1. The Balaban J connectivity index is 1.20. The number of piperidine rings is 1. The number of rotatable bonds is 7. The van der Waals surface area contributed by atoms with Gasteiger partial charge in [0.2, 0.25) is 5.95 Å². The summed E-state index contributed by atoms with van der Waals surface area (Å²) in [5.74, 6) is -0.655. The molecule has 3 heterocycles. The number of morpholine rings is 1. The first-order chi connectivity index (χ1) is 18.6. The van der Waals surface area contributed by atoms with Gasteiger partial charge in [0.05, 0.1) is 25.5 Å². The fraction of sp³-hybridized carbons (Fsp3) is 0.357. The summed E-state index contributed by atoms with van der Waals surface area (Å²) in [6.07, 6.45) is 3.43. The number of anilines is 3. The average molecular weight is 516 g/mol. The molecule has 0 bridgehead atoms. The van der Waals surface area contributed by atoms with Crippen molar-refractivity contribution in [3.8, 4) is 17.3 Å². The Kier molecular flexibility index (Phi) is 8.06. The molecule has 0 saturated carbocycles. The molecule has 38 heavy (non-hydrogen) atoms. The highest BCUT2D eigenvalue weighted by Gasteiger charge is 2.26. The van der Waals surface area contributed by atoms with Crippen molar-refractivity contribution in [3.63, 3.8) is 0 Å². The molecule has 196 valence electrons. The second-order valence-electron chi connectivity index (χ2n) is 9.35. The summed E-state index contributed by atoms with van der Waals surface area (Å²) < 4.78 is 20.0. The van der Waals surface area contributed by atoms with Crippen molar-refractivity contribution >= 4 is 23.2 Å². The van der Waals surface area contributed by atoms with Crippen LogP contribution in [0.2, 0.25) is 0 Å². The summed E-state index contributed by atoms with van der Waals surface area (Å²) >= 11 is 0. The largest absolute Gasteiger partial charge is 0.379 e. The van der Waals surface area contributed by atoms with Gasteiger partial charge in [-0.05, 0) is 49.2 Å². The molecule has 0 spiro atoms. The minimum Gasteiger partial charge on any atom is -0.379 e. The molecule has 0 atom stereocenters. The van der Waals surface area contributed by atoms with Gasteiger partial charge < -0.3 is 20.3 Å². The molecule has 0 aliphatic carbocycles. The fourth-order valence-corrected chi connectivity index (χ4v) is 4.95. The van der Waals surface area contributed by atoms with Gasteiger partial charge in [0.25, 0.3) is 5.91 Å². The molecule has 2 fully saturated rings. The average Bonchev–Trinajstić information content (AvgIpc) is 2.98. The van der Waals surface area contributed by atoms with Gasteiger partial charge in [-0.15, -0.1) is 0 Å². The summed E-state index contributed by atoms with van der Waals surface area (Å²) in [6, 6.07) is 17.0. The maximum Gasteiger partial charge on any atom is 0.252 e. The quantitative estimate of drug-likeness (QED) is 0.460. The number of nitrogens with one attached hydrogen (secondary N) is 2. The first-order valence-corrected chi connectivity index (χ1v) is 12.8. The summed E-state index contributed by atoms with van der Waals surface area (Å²) in [7, 11) is 0. The van der Waals surface area contributed by atoms with Crippen LogP contribution >= 0.6 is 0 Å². The molecule has 2 N–H and O–H groups in total. The van der Waals surface area contributed by atoms with Crippen LogP contribution in [0.25, 0.3) is 11.3 Å². The lowest BCUT2D eigenvalue weighted by Crippen LogP contribution is -2.49. The van der Waals surface area contributed by atoms with Crippen molar-refractivity contribution in [2.24, 2.45) is 0 Å². The molecule has 10 heteroatoms. The number of halogens is 1. The van der Waals surface area contributed by atoms with Crippen LogP contribution in [-0.2, 0) is 4.74 Å². The Morgan fingerprint density at radius 1 is 1.05 bits per heavy atom. The third-order valence-corrected chi connectivity index (χ3v) is 7.01. The number of ether oxygens (including phenoxy) is 1. The molecule has 9 nitrogen and oxygen atoms in total. The van der Waals surface area contributed by atoms with Crippen LogP contribution in [0.5, 0.6) is 0 Å². The normalized spacial score (nSPS) is 16.6. The molecular formula is C28H30FN7O2. The Morgan fingerprint density at radius 2 is 1.76 bits per heavy atom. The molecular weight excluding hydrogens is 485 g/mol. The Hall–Kier alpha value is -4.07. The minimum atomic E-state index is -0.562. The topological polar surface area (TPSA) is 106 Å². The maximum absolute atomic E-state index is 14.5. The highest BCUT2D eigenvalue weighted by Crippen LogP contribution is 2.26. The number of hydrogen-bond acceptors (Lipinski definition) is 8. The lowest BCUT2D eigenvalue weighted by atomic mass is 10.0. The number of carbonyl (C=O) groups is 1. The lowest BCUT2D eigenvalue weighted by Gasteiger charge is -2.40. The van der Waals surface area contributed by atoms with E-state index in [1.54, 1.807) is 24.3 Å². The van der Waals surface area contributed by atoms with E-state index in [0.29, 0.717) is 17.2 Å². The molecule has 3 aromatic rings. The first kappa shape index (κ1) is 25.6. The zero-order chi connectivity index (χ0) is 26.3.